The summed E-state index contributed by atoms with van der Waals surface area (Å²) in [7, 11) is 0. The van der Waals surface area contributed by atoms with Gasteiger partial charge in [0.25, 0.3) is 0 Å². The molecule has 1 aromatic carbocycles. The van der Waals surface area contributed by atoms with Gasteiger partial charge in [0.05, 0.1) is 19.3 Å². The molecule has 8 nitrogen and oxygen atoms in total. The first-order valence-electron chi connectivity index (χ1n) is 12.6. The molecule has 2 saturated carbocycles. The summed E-state index contributed by atoms with van der Waals surface area (Å²) in [4.78, 5) is 8.67. The zero-order valence-corrected chi connectivity index (χ0v) is 22.2. The van der Waals surface area contributed by atoms with Crippen LogP contribution < -0.4 is 22.3 Å². The van der Waals surface area contributed by atoms with Crippen molar-refractivity contribution in [2.24, 2.45) is 5.84 Å². The number of benzene rings is 1. The van der Waals surface area contributed by atoms with E-state index in [4.69, 9.17) is 27.2 Å². The van der Waals surface area contributed by atoms with Crippen LogP contribution in [0, 0.1) is 11.6 Å². The van der Waals surface area contributed by atoms with Crippen molar-refractivity contribution in [3.8, 4) is 0 Å². The summed E-state index contributed by atoms with van der Waals surface area (Å²) >= 11 is 1.54. The lowest BCUT2D eigenvalue weighted by Crippen LogP contribution is -2.41. The number of aliphatic hydroxyl groups is 1. The first-order valence-corrected chi connectivity index (χ1v) is 13.6. The maximum absolute atomic E-state index is 12.6. The van der Waals surface area contributed by atoms with Crippen LogP contribution in [-0.2, 0) is 4.74 Å². The number of nitrogens with two attached hydrogens (primary N) is 3. The molecule has 2 aromatic rings. The van der Waals surface area contributed by atoms with Gasteiger partial charge in [-0.05, 0) is 62.1 Å². The van der Waals surface area contributed by atoms with E-state index in [9.17, 15) is 8.78 Å². The van der Waals surface area contributed by atoms with Gasteiger partial charge in [0.15, 0.2) is 28.4 Å². The van der Waals surface area contributed by atoms with Gasteiger partial charge in [-0.2, -0.15) is 0 Å². The first kappa shape index (κ1) is 30.0. The van der Waals surface area contributed by atoms with Crippen molar-refractivity contribution in [2.75, 3.05) is 35.4 Å². The molecule has 4 rings (SSSR count). The topological polar surface area (TPSA) is 137 Å². The maximum atomic E-state index is 12.6. The molecule has 2 aliphatic rings. The van der Waals surface area contributed by atoms with Crippen molar-refractivity contribution >= 4 is 29.1 Å². The third kappa shape index (κ3) is 8.72. The number of hydrazine groups is 1. The molecule has 0 amide bonds. The van der Waals surface area contributed by atoms with Gasteiger partial charge in [0.2, 0.25) is 0 Å². The number of nitrogens with zero attached hydrogens (tertiary/aromatic N) is 3. The van der Waals surface area contributed by atoms with Gasteiger partial charge in [-0.15, -0.1) is 0 Å². The largest absolute Gasteiger partial charge is 0.394 e. The monoisotopic (exact) mass is 526 g/mol. The van der Waals surface area contributed by atoms with Crippen LogP contribution in [0.2, 0.25) is 0 Å². The molecule has 2 unspecified atom stereocenters. The summed E-state index contributed by atoms with van der Waals surface area (Å²) < 4.78 is 30.6. The summed E-state index contributed by atoms with van der Waals surface area (Å²) in [5.41, 5.74) is 13.2. The molecule has 2 fully saturated rings. The number of rotatable bonds is 9. The van der Waals surface area contributed by atoms with Crippen molar-refractivity contribution in [1.29, 1.82) is 0 Å². The molecule has 0 aliphatic heterocycles. The van der Waals surface area contributed by atoms with Gasteiger partial charge < -0.3 is 21.3 Å². The Balaban J connectivity index is 0.000000291. The van der Waals surface area contributed by atoms with Crippen molar-refractivity contribution in [3.05, 3.63) is 35.4 Å². The molecule has 7 N–H and O–H groups in total. The summed E-state index contributed by atoms with van der Waals surface area (Å²) in [5, 5.41) is 11.0. The Labute approximate surface area is 217 Å². The van der Waals surface area contributed by atoms with Crippen molar-refractivity contribution < 1.29 is 18.6 Å². The van der Waals surface area contributed by atoms with Crippen LogP contribution in [-0.4, -0.2) is 46.2 Å². The lowest BCUT2D eigenvalue weighted by Gasteiger charge is -2.26. The minimum atomic E-state index is -0.755. The molecule has 2 aliphatic carbocycles. The fourth-order valence-corrected chi connectivity index (χ4v) is 4.51. The smallest absolute Gasteiger partial charge is 0.191 e. The Morgan fingerprint density at radius 2 is 1.83 bits per heavy atom. The maximum Gasteiger partial charge on any atom is 0.191 e. The molecule has 0 spiro atoms. The Kier molecular flexibility index (Phi) is 12.6. The van der Waals surface area contributed by atoms with Gasteiger partial charge >= 0.3 is 0 Å². The highest BCUT2D eigenvalue weighted by molar-refractivity contribution is 7.99. The molecule has 1 aromatic heterocycles. The van der Waals surface area contributed by atoms with E-state index in [1.54, 1.807) is 11.1 Å². The van der Waals surface area contributed by atoms with Gasteiger partial charge in [-0.3, -0.25) is 5.01 Å². The highest BCUT2D eigenvalue weighted by Gasteiger charge is 2.31. The zero-order chi connectivity index (χ0) is 26.7. The van der Waals surface area contributed by atoms with E-state index in [0.29, 0.717) is 29.2 Å². The van der Waals surface area contributed by atoms with E-state index >= 15 is 0 Å². The Hall–Kier alpha value is -2.21. The Bertz CT molecular complexity index is 951. The van der Waals surface area contributed by atoms with Crippen LogP contribution in [0.3, 0.4) is 0 Å². The number of thioether (sulfide) groups is 1. The van der Waals surface area contributed by atoms with Crippen LogP contribution in [0.15, 0.2) is 23.4 Å². The summed E-state index contributed by atoms with van der Waals surface area (Å²) in [6.45, 7) is 6.47. The number of hydrogen-bond acceptors (Lipinski definition) is 9. The van der Waals surface area contributed by atoms with Gasteiger partial charge in [0.1, 0.15) is 5.69 Å². The quantitative estimate of drug-likeness (QED) is 0.160. The second kappa shape index (κ2) is 15.1. The number of anilines is 3. The normalized spacial score (nSPS) is 18.6. The fraction of sp³-hybridized carbons (Fsp3) is 0.600. The van der Waals surface area contributed by atoms with Crippen LogP contribution in [0.25, 0.3) is 0 Å². The zero-order valence-electron chi connectivity index (χ0n) is 21.4. The minimum absolute atomic E-state index is 0.0287. The Morgan fingerprint density at radius 3 is 2.44 bits per heavy atom. The predicted molar refractivity (Wildman–Crippen MR) is 143 cm³/mol. The first-order chi connectivity index (χ1) is 17.3. The van der Waals surface area contributed by atoms with Crippen molar-refractivity contribution in [1.82, 2.24) is 9.97 Å². The molecule has 202 valence electrons. The summed E-state index contributed by atoms with van der Waals surface area (Å²) in [6, 6.07) is 4.24. The van der Waals surface area contributed by atoms with E-state index in [1.165, 1.54) is 23.9 Å². The predicted octanol–water partition coefficient (Wildman–Crippen LogP) is 4.62. The molecule has 36 heavy (non-hydrogen) atoms. The van der Waals surface area contributed by atoms with E-state index in [1.807, 2.05) is 13.8 Å². The molecule has 1 heterocycles. The molecule has 0 bridgehead atoms. The van der Waals surface area contributed by atoms with Crippen LogP contribution in [0.5, 0.6) is 0 Å². The van der Waals surface area contributed by atoms with Crippen LogP contribution in [0.4, 0.5) is 26.1 Å². The van der Waals surface area contributed by atoms with E-state index in [2.05, 4.69) is 16.9 Å². The summed E-state index contributed by atoms with van der Waals surface area (Å²) in [6.07, 6.45) is 5.91. The number of nitrogen functional groups attached to an aromatic ring is 2. The van der Waals surface area contributed by atoms with Crippen LogP contribution in [0.1, 0.15) is 70.8 Å². The standard InChI is InChI=1S/C14H26N6O2S.C9H8F2.C2H6/c1-2-7-23-14-18-12(16)11(15)13(19-14)20(17)9-3-4-10(8-9)22-6-5-21;10-8-4-3-7(5-9(8)11)6-1-2-6;1-2/h9-10,21H,2-8,15,17H2,1H3,(H2,16,18,19);3-6H,1-2H2;1-2H3. The second-order valence-electron chi connectivity index (χ2n) is 8.52. The molecular formula is C25H40F2N6O2S. The fourth-order valence-electron chi connectivity index (χ4n) is 3.81. The number of hydrogen-bond donors (Lipinski definition) is 4. The third-order valence-electron chi connectivity index (χ3n) is 5.80. The van der Waals surface area contributed by atoms with Crippen molar-refractivity contribution in [3.63, 3.8) is 0 Å². The number of aromatic nitrogens is 2. The molecule has 0 saturated heterocycles. The van der Waals surface area contributed by atoms with Gasteiger partial charge in [0, 0.05) is 11.8 Å². The van der Waals surface area contributed by atoms with Crippen LogP contribution >= 0.6 is 11.8 Å². The highest BCUT2D eigenvalue weighted by atomic mass is 32.2. The molecule has 11 heteroatoms. The van der Waals surface area contributed by atoms with Gasteiger partial charge in [-0.1, -0.05) is 38.6 Å². The lowest BCUT2D eigenvalue weighted by atomic mass is 10.1. The third-order valence-corrected chi connectivity index (χ3v) is 6.85. The number of halogens is 2. The number of aliphatic hydroxyl groups excluding tert-OH is 1. The second-order valence-corrected chi connectivity index (χ2v) is 9.58. The molecular weight excluding hydrogens is 486 g/mol. The van der Waals surface area contributed by atoms with E-state index in [0.717, 1.165) is 49.8 Å². The van der Waals surface area contributed by atoms with Crippen molar-refractivity contribution in [2.45, 2.75) is 82.5 Å². The minimum Gasteiger partial charge on any atom is -0.394 e. The Morgan fingerprint density at radius 1 is 1.11 bits per heavy atom. The number of ether oxygens (including phenoxy) is 1. The van der Waals surface area contributed by atoms with E-state index in [-0.39, 0.29) is 24.6 Å². The van der Waals surface area contributed by atoms with E-state index < -0.39 is 11.6 Å². The van der Waals surface area contributed by atoms with Gasteiger partial charge in [-0.25, -0.2) is 24.6 Å². The average Bonchev–Trinajstić information content (AvgIpc) is 3.63. The molecule has 0 radical (unpaired) electrons. The lowest BCUT2D eigenvalue weighted by molar-refractivity contribution is 0.0322. The summed E-state index contributed by atoms with van der Waals surface area (Å²) in [5.74, 6) is 6.91. The SMILES string of the molecule is CC.CCCSc1nc(N)c(N)c(N(N)C2CCC(OCCO)C2)n1.Fc1ccc(C2CC2)cc1F. The highest BCUT2D eigenvalue weighted by Crippen LogP contribution is 2.40. The molecule has 2 atom stereocenters. The average molecular weight is 527 g/mol.